The van der Waals surface area contributed by atoms with E-state index in [-0.39, 0.29) is 11.7 Å². The molecule has 4 heterocycles. The molecule has 0 aliphatic carbocycles. The van der Waals surface area contributed by atoms with Crippen molar-refractivity contribution in [1.82, 2.24) is 20.6 Å². The van der Waals surface area contributed by atoms with E-state index in [4.69, 9.17) is 4.74 Å². The lowest BCUT2D eigenvalue weighted by atomic mass is 9.91. The van der Waals surface area contributed by atoms with Gasteiger partial charge in [0.15, 0.2) is 0 Å². The van der Waals surface area contributed by atoms with E-state index < -0.39 is 0 Å². The standard InChI is InChI=1S/C17H25N5O2/c1-12-20-14(13-3-2-6-18-10-13)9-15(21-12)22-7-4-17(5-8-22)11-19-16(23)24-17/h9,13,18H,2-8,10-11H2,1H3,(H,19,23). The first kappa shape index (κ1) is 15.6. The summed E-state index contributed by atoms with van der Waals surface area (Å²) in [4.78, 5) is 23.0. The molecule has 0 saturated carbocycles. The Morgan fingerprint density at radius 1 is 1.33 bits per heavy atom. The molecule has 0 aromatic carbocycles. The van der Waals surface area contributed by atoms with Crippen LogP contribution in [0.5, 0.6) is 0 Å². The molecule has 0 bridgehead atoms. The van der Waals surface area contributed by atoms with Crippen molar-refractivity contribution >= 4 is 11.9 Å². The second-order valence-corrected chi connectivity index (χ2v) is 7.15. The summed E-state index contributed by atoms with van der Waals surface area (Å²) in [5.74, 6) is 2.33. The first-order chi connectivity index (χ1) is 11.6. The topological polar surface area (TPSA) is 79.4 Å². The number of carbonyl (C=O) groups is 1. The molecule has 1 atom stereocenters. The first-order valence-corrected chi connectivity index (χ1v) is 8.92. The summed E-state index contributed by atoms with van der Waals surface area (Å²) in [7, 11) is 0. The van der Waals surface area contributed by atoms with Gasteiger partial charge in [0.2, 0.25) is 0 Å². The summed E-state index contributed by atoms with van der Waals surface area (Å²) in [5, 5.41) is 6.24. The zero-order valence-electron chi connectivity index (χ0n) is 14.2. The molecule has 1 aromatic rings. The van der Waals surface area contributed by atoms with Crippen molar-refractivity contribution in [1.29, 1.82) is 0 Å². The van der Waals surface area contributed by atoms with Crippen LogP contribution in [0.1, 0.15) is 43.1 Å². The number of nitrogens with zero attached hydrogens (tertiary/aromatic N) is 3. The molecule has 4 rings (SSSR count). The summed E-state index contributed by atoms with van der Waals surface area (Å²) in [6.07, 6.45) is 3.79. The summed E-state index contributed by atoms with van der Waals surface area (Å²) in [6, 6.07) is 2.15. The molecule has 7 heteroatoms. The maximum Gasteiger partial charge on any atom is 0.407 e. The third kappa shape index (κ3) is 3.05. The number of rotatable bonds is 2. The van der Waals surface area contributed by atoms with Crippen molar-refractivity contribution in [2.75, 3.05) is 37.6 Å². The molecule has 1 aromatic heterocycles. The average Bonchev–Trinajstić information content (AvgIpc) is 2.96. The van der Waals surface area contributed by atoms with Gasteiger partial charge in [0.25, 0.3) is 0 Å². The normalized spacial score (nSPS) is 26.3. The predicted octanol–water partition coefficient (Wildman–Crippen LogP) is 1.33. The fraction of sp³-hybridized carbons (Fsp3) is 0.706. The highest BCUT2D eigenvalue weighted by atomic mass is 16.6. The van der Waals surface area contributed by atoms with Crippen molar-refractivity contribution in [3.8, 4) is 0 Å². The van der Waals surface area contributed by atoms with Crippen LogP contribution < -0.4 is 15.5 Å². The van der Waals surface area contributed by atoms with Crippen molar-refractivity contribution in [2.45, 2.75) is 44.1 Å². The van der Waals surface area contributed by atoms with Gasteiger partial charge in [0, 0.05) is 44.5 Å². The van der Waals surface area contributed by atoms with Crippen LogP contribution in [0, 0.1) is 6.92 Å². The monoisotopic (exact) mass is 331 g/mol. The van der Waals surface area contributed by atoms with Crippen molar-refractivity contribution in [2.24, 2.45) is 0 Å². The second kappa shape index (κ2) is 6.20. The number of aryl methyl sites for hydroxylation is 1. The molecule has 1 spiro atoms. The number of aromatic nitrogens is 2. The Kier molecular flexibility index (Phi) is 4.04. The number of ether oxygens (including phenoxy) is 1. The van der Waals surface area contributed by atoms with Crippen LogP contribution in [0.25, 0.3) is 0 Å². The number of hydrogen-bond acceptors (Lipinski definition) is 6. The number of amides is 1. The Hall–Kier alpha value is -1.89. The number of carbonyl (C=O) groups excluding carboxylic acids is 1. The predicted molar refractivity (Wildman–Crippen MR) is 90.3 cm³/mol. The van der Waals surface area contributed by atoms with Gasteiger partial charge in [-0.05, 0) is 26.3 Å². The lowest BCUT2D eigenvalue weighted by Crippen LogP contribution is -2.47. The van der Waals surface area contributed by atoms with Gasteiger partial charge in [0.05, 0.1) is 12.2 Å². The van der Waals surface area contributed by atoms with Gasteiger partial charge in [-0.1, -0.05) is 0 Å². The molecule has 3 aliphatic heterocycles. The highest BCUT2D eigenvalue weighted by Crippen LogP contribution is 2.32. The number of piperidine rings is 2. The summed E-state index contributed by atoms with van der Waals surface area (Å²) < 4.78 is 5.50. The van der Waals surface area contributed by atoms with Gasteiger partial charge in [0.1, 0.15) is 17.2 Å². The molecule has 0 radical (unpaired) electrons. The molecule has 7 nitrogen and oxygen atoms in total. The molecule has 24 heavy (non-hydrogen) atoms. The van der Waals surface area contributed by atoms with E-state index in [9.17, 15) is 4.79 Å². The maximum atomic E-state index is 11.4. The van der Waals surface area contributed by atoms with E-state index in [0.717, 1.165) is 56.4 Å². The van der Waals surface area contributed by atoms with Gasteiger partial charge in [-0.25, -0.2) is 14.8 Å². The maximum absolute atomic E-state index is 11.4. The third-order valence-electron chi connectivity index (χ3n) is 5.42. The average molecular weight is 331 g/mol. The van der Waals surface area contributed by atoms with E-state index in [1.54, 1.807) is 0 Å². The Balaban J connectivity index is 1.48. The van der Waals surface area contributed by atoms with E-state index in [1.807, 2.05) is 6.92 Å². The summed E-state index contributed by atoms with van der Waals surface area (Å²) >= 11 is 0. The minimum absolute atomic E-state index is 0.284. The minimum Gasteiger partial charge on any atom is -0.441 e. The van der Waals surface area contributed by atoms with Gasteiger partial charge < -0.3 is 20.3 Å². The van der Waals surface area contributed by atoms with Gasteiger partial charge in [-0.15, -0.1) is 0 Å². The summed E-state index contributed by atoms with van der Waals surface area (Å²) in [6.45, 7) is 6.41. The van der Waals surface area contributed by atoms with Gasteiger partial charge in [-0.2, -0.15) is 0 Å². The van der Waals surface area contributed by atoms with Crippen LogP contribution >= 0.6 is 0 Å². The zero-order chi connectivity index (χ0) is 16.6. The smallest absolute Gasteiger partial charge is 0.407 e. The number of alkyl carbamates (subject to hydrolysis) is 1. The lowest BCUT2D eigenvalue weighted by molar-refractivity contribution is 0.0366. The zero-order valence-corrected chi connectivity index (χ0v) is 14.2. The van der Waals surface area contributed by atoms with Crippen LogP contribution in [0.2, 0.25) is 0 Å². The SMILES string of the molecule is Cc1nc(C2CCCNC2)cc(N2CCC3(CC2)CNC(=O)O3)n1. The van der Waals surface area contributed by atoms with Crippen LogP contribution in [-0.2, 0) is 4.74 Å². The van der Waals surface area contributed by atoms with Crippen molar-refractivity contribution in [3.05, 3.63) is 17.6 Å². The minimum atomic E-state index is -0.314. The molecule has 3 saturated heterocycles. The second-order valence-electron chi connectivity index (χ2n) is 7.15. The lowest BCUT2D eigenvalue weighted by Gasteiger charge is -2.38. The highest BCUT2D eigenvalue weighted by molar-refractivity contribution is 5.70. The van der Waals surface area contributed by atoms with E-state index in [0.29, 0.717) is 12.5 Å². The molecular weight excluding hydrogens is 306 g/mol. The molecule has 3 fully saturated rings. The van der Waals surface area contributed by atoms with E-state index >= 15 is 0 Å². The molecule has 1 unspecified atom stereocenters. The van der Waals surface area contributed by atoms with Crippen LogP contribution in [0.4, 0.5) is 10.6 Å². The fourth-order valence-corrected chi connectivity index (χ4v) is 3.97. The van der Waals surface area contributed by atoms with Crippen LogP contribution in [0.3, 0.4) is 0 Å². The quantitative estimate of drug-likeness (QED) is 0.851. The molecule has 130 valence electrons. The van der Waals surface area contributed by atoms with Gasteiger partial charge >= 0.3 is 6.09 Å². The first-order valence-electron chi connectivity index (χ1n) is 8.92. The largest absolute Gasteiger partial charge is 0.441 e. The number of hydrogen-bond donors (Lipinski definition) is 2. The van der Waals surface area contributed by atoms with E-state index in [1.165, 1.54) is 12.8 Å². The Morgan fingerprint density at radius 3 is 2.83 bits per heavy atom. The van der Waals surface area contributed by atoms with Crippen molar-refractivity contribution < 1.29 is 9.53 Å². The van der Waals surface area contributed by atoms with Gasteiger partial charge in [-0.3, -0.25) is 0 Å². The highest BCUT2D eigenvalue weighted by Gasteiger charge is 2.43. The summed E-state index contributed by atoms with van der Waals surface area (Å²) in [5.41, 5.74) is 0.838. The number of nitrogens with one attached hydrogen (secondary N) is 2. The Morgan fingerprint density at radius 2 is 2.17 bits per heavy atom. The Labute approximate surface area is 142 Å². The number of anilines is 1. The molecular formula is C17H25N5O2. The van der Waals surface area contributed by atoms with Crippen LogP contribution in [0.15, 0.2) is 6.07 Å². The van der Waals surface area contributed by atoms with Crippen molar-refractivity contribution in [3.63, 3.8) is 0 Å². The third-order valence-corrected chi connectivity index (χ3v) is 5.42. The van der Waals surface area contributed by atoms with E-state index in [2.05, 4.69) is 31.6 Å². The Bertz CT molecular complexity index is 621. The molecule has 1 amide bonds. The molecule has 3 aliphatic rings. The fourth-order valence-electron chi connectivity index (χ4n) is 3.97. The van der Waals surface area contributed by atoms with Crippen LogP contribution in [-0.4, -0.2) is 54.4 Å². The molecule has 2 N–H and O–H groups in total.